The molecule has 1 atom stereocenters. The van der Waals surface area contributed by atoms with Crippen molar-refractivity contribution in [3.63, 3.8) is 0 Å². The van der Waals surface area contributed by atoms with Gasteiger partial charge in [-0.05, 0) is 65.2 Å². The summed E-state index contributed by atoms with van der Waals surface area (Å²) in [5.74, 6) is 0.394. The lowest BCUT2D eigenvalue weighted by Crippen LogP contribution is -2.51. The zero-order chi connectivity index (χ0) is 31.2. The molecule has 0 fully saturated rings. The molecule has 42 heavy (non-hydrogen) atoms. The van der Waals surface area contributed by atoms with E-state index in [2.05, 4.69) is 15.8 Å². The number of ether oxygens (including phenoxy) is 2. The quantitative estimate of drug-likeness (QED) is 0.282. The second-order valence-corrected chi connectivity index (χ2v) is 11.1. The molecule has 0 saturated carbocycles. The monoisotopic (exact) mass is 578 g/mol. The molecule has 0 aliphatic carbocycles. The summed E-state index contributed by atoms with van der Waals surface area (Å²) in [5.41, 5.74) is 3.16. The van der Waals surface area contributed by atoms with Crippen LogP contribution in [0.5, 0.6) is 11.5 Å². The molecule has 0 radical (unpaired) electrons. The molecule has 0 unspecified atom stereocenters. The summed E-state index contributed by atoms with van der Waals surface area (Å²) in [6, 6.07) is 9.64. The number of nitrogens with one attached hydrogen (secondary N) is 2. The van der Waals surface area contributed by atoms with Crippen molar-refractivity contribution < 1.29 is 28.4 Å². The summed E-state index contributed by atoms with van der Waals surface area (Å²) < 4.78 is 16.3. The Morgan fingerprint density at radius 3 is 2.21 bits per heavy atom. The van der Waals surface area contributed by atoms with Gasteiger partial charge in [-0.25, -0.2) is 0 Å². The van der Waals surface area contributed by atoms with Crippen LogP contribution < -0.4 is 25.0 Å². The average Bonchev–Trinajstić information content (AvgIpc) is 3.33. The first kappa shape index (κ1) is 32.2. The van der Waals surface area contributed by atoms with Crippen LogP contribution in [0.3, 0.4) is 0 Å². The SMILES string of the molecule is CCC(C)(C)NC(=O)[C@@H](c1cccc(OC)c1OC)N(C(=O)CCC(=O)Nc1cc(C)on1)c1c(C)cc(C)cc1C. The third-order valence-corrected chi connectivity index (χ3v) is 7.19. The van der Waals surface area contributed by atoms with Crippen LogP contribution in [0, 0.1) is 27.7 Å². The number of hydrogen-bond acceptors (Lipinski definition) is 7. The van der Waals surface area contributed by atoms with Crippen molar-refractivity contribution in [2.45, 2.75) is 79.3 Å². The highest BCUT2D eigenvalue weighted by atomic mass is 16.5. The van der Waals surface area contributed by atoms with Gasteiger partial charge in [0.2, 0.25) is 17.7 Å². The molecular formula is C32H42N4O6. The number of aromatic nitrogens is 1. The first-order chi connectivity index (χ1) is 19.8. The Morgan fingerprint density at radius 1 is 1.00 bits per heavy atom. The van der Waals surface area contributed by atoms with Gasteiger partial charge in [0, 0.05) is 30.0 Å². The fourth-order valence-electron chi connectivity index (χ4n) is 4.94. The lowest BCUT2D eigenvalue weighted by molar-refractivity contribution is -0.128. The summed E-state index contributed by atoms with van der Waals surface area (Å²) in [4.78, 5) is 42.8. The number of carbonyl (C=O) groups is 3. The number of nitrogens with zero attached hydrogens (tertiary/aromatic N) is 2. The van der Waals surface area contributed by atoms with E-state index in [0.717, 1.165) is 16.7 Å². The van der Waals surface area contributed by atoms with Crippen molar-refractivity contribution in [2.24, 2.45) is 0 Å². The maximum absolute atomic E-state index is 14.3. The molecule has 2 N–H and O–H groups in total. The van der Waals surface area contributed by atoms with Crippen molar-refractivity contribution in [2.75, 3.05) is 24.4 Å². The van der Waals surface area contributed by atoms with E-state index in [0.29, 0.717) is 34.9 Å². The Morgan fingerprint density at radius 2 is 1.67 bits per heavy atom. The summed E-state index contributed by atoms with van der Waals surface area (Å²) in [6.45, 7) is 13.3. The van der Waals surface area contributed by atoms with Gasteiger partial charge in [-0.2, -0.15) is 0 Å². The van der Waals surface area contributed by atoms with E-state index in [1.165, 1.54) is 19.1 Å². The molecule has 0 spiro atoms. The Bertz CT molecular complexity index is 1420. The number of benzene rings is 2. The highest BCUT2D eigenvalue weighted by Gasteiger charge is 2.38. The van der Waals surface area contributed by atoms with Crippen molar-refractivity contribution in [3.05, 3.63) is 64.4 Å². The number of amides is 3. The molecule has 3 rings (SSSR count). The van der Waals surface area contributed by atoms with Gasteiger partial charge in [-0.15, -0.1) is 0 Å². The van der Waals surface area contributed by atoms with Gasteiger partial charge in [0.05, 0.1) is 19.9 Å². The minimum absolute atomic E-state index is 0.130. The third kappa shape index (κ3) is 7.48. The second-order valence-electron chi connectivity index (χ2n) is 11.1. The van der Waals surface area contributed by atoms with Gasteiger partial charge in [-0.3, -0.25) is 19.3 Å². The van der Waals surface area contributed by atoms with Crippen LogP contribution in [0.2, 0.25) is 0 Å². The zero-order valence-corrected chi connectivity index (χ0v) is 26.0. The molecule has 3 amide bonds. The van der Waals surface area contributed by atoms with E-state index in [9.17, 15) is 14.4 Å². The normalized spacial score (nSPS) is 11.9. The molecule has 226 valence electrons. The predicted octanol–water partition coefficient (Wildman–Crippen LogP) is 5.72. The minimum Gasteiger partial charge on any atom is -0.493 e. The molecule has 0 aliphatic heterocycles. The first-order valence-corrected chi connectivity index (χ1v) is 14.0. The number of para-hydroxylation sites is 1. The largest absolute Gasteiger partial charge is 0.493 e. The standard InChI is InChI=1S/C32H42N4O6/c1-10-32(6,7)34-31(39)29(23-12-11-13-24(40-8)30(23)41-9)36(28-20(3)16-19(2)17-21(28)4)27(38)15-14-26(37)33-25-18-22(5)42-35-25/h11-13,16-18,29H,10,14-15H2,1-9H3,(H,34,39)(H,33,35,37)/t29-/m1/s1. The highest BCUT2D eigenvalue weighted by molar-refractivity contribution is 6.04. The number of anilines is 2. The van der Waals surface area contributed by atoms with Crippen molar-refractivity contribution >= 4 is 29.2 Å². The van der Waals surface area contributed by atoms with Crippen LogP contribution in [0.1, 0.15) is 74.1 Å². The molecule has 0 bridgehead atoms. The van der Waals surface area contributed by atoms with E-state index in [-0.39, 0.29) is 24.6 Å². The molecule has 0 aliphatic rings. The molecule has 1 aromatic heterocycles. The molecule has 2 aromatic carbocycles. The molecule has 10 heteroatoms. The van der Waals surface area contributed by atoms with Gasteiger partial charge in [-0.1, -0.05) is 41.9 Å². The fourth-order valence-corrected chi connectivity index (χ4v) is 4.94. The third-order valence-electron chi connectivity index (χ3n) is 7.19. The van der Waals surface area contributed by atoms with Gasteiger partial charge < -0.3 is 24.6 Å². The number of aryl methyl sites for hydroxylation is 4. The highest BCUT2D eigenvalue weighted by Crippen LogP contribution is 2.41. The number of carbonyl (C=O) groups excluding carboxylic acids is 3. The number of methoxy groups -OCH3 is 2. The topological polar surface area (TPSA) is 123 Å². The summed E-state index contributed by atoms with van der Waals surface area (Å²) in [7, 11) is 3.01. The molecule has 1 heterocycles. The Kier molecular flexibility index (Phi) is 10.4. The van der Waals surface area contributed by atoms with Crippen LogP contribution in [0.25, 0.3) is 0 Å². The van der Waals surface area contributed by atoms with Crippen molar-refractivity contribution in [3.8, 4) is 11.5 Å². The van der Waals surface area contributed by atoms with Crippen molar-refractivity contribution in [1.82, 2.24) is 10.5 Å². The minimum atomic E-state index is -1.13. The van der Waals surface area contributed by atoms with Gasteiger partial charge in [0.1, 0.15) is 11.8 Å². The van der Waals surface area contributed by atoms with Gasteiger partial charge in [0.25, 0.3) is 0 Å². The Labute approximate surface area is 247 Å². The van der Waals surface area contributed by atoms with Crippen LogP contribution in [-0.2, 0) is 14.4 Å². The van der Waals surface area contributed by atoms with Crippen LogP contribution in [0.15, 0.2) is 40.9 Å². The zero-order valence-electron chi connectivity index (χ0n) is 26.0. The van der Waals surface area contributed by atoms with E-state index in [1.807, 2.05) is 53.7 Å². The van der Waals surface area contributed by atoms with Crippen molar-refractivity contribution in [1.29, 1.82) is 0 Å². The average molecular weight is 579 g/mol. The molecule has 0 saturated heterocycles. The fraction of sp³-hybridized carbons (Fsp3) is 0.438. The van der Waals surface area contributed by atoms with E-state index >= 15 is 0 Å². The van der Waals surface area contributed by atoms with Gasteiger partial charge in [0.15, 0.2) is 17.3 Å². The lowest BCUT2D eigenvalue weighted by Gasteiger charge is -2.36. The molecular weight excluding hydrogens is 536 g/mol. The summed E-state index contributed by atoms with van der Waals surface area (Å²) in [5, 5.41) is 9.56. The molecule has 10 nitrogen and oxygen atoms in total. The van der Waals surface area contributed by atoms with E-state index < -0.39 is 23.4 Å². The summed E-state index contributed by atoms with van der Waals surface area (Å²) >= 11 is 0. The number of rotatable bonds is 12. The molecule has 3 aromatic rings. The van der Waals surface area contributed by atoms with Gasteiger partial charge >= 0.3 is 0 Å². The second kappa shape index (κ2) is 13.5. The predicted molar refractivity (Wildman–Crippen MR) is 162 cm³/mol. The smallest absolute Gasteiger partial charge is 0.248 e. The van der Waals surface area contributed by atoms with Crippen LogP contribution >= 0.6 is 0 Å². The van der Waals surface area contributed by atoms with Crippen LogP contribution in [-0.4, -0.2) is 42.6 Å². The number of hydrogen-bond donors (Lipinski definition) is 2. The van der Waals surface area contributed by atoms with E-state index in [4.69, 9.17) is 14.0 Å². The Hall–Kier alpha value is -4.34. The first-order valence-electron chi connectivity index (χ1n) is 14.0. The maximum Gasteiger partial charge on any atom is 0.248 e. The Balaban J connectivity index is 2.16. The summed E-state index contributed by atoms with van der Waals surface area (Å²) in [6.07, 6.45) is 0.372. The lowest BCUT2D eigenvalue weighted by atomic mass is 9.95. The maximum atomic E-state index is 14.3. The van der Waals surface area contributed by atoms with Crippen LogP contribution in [0.4, 0.5) is 11.5 Å². The van der Waals surface area contributed by atoms with E-state index in [1.54, 1.807) is 31.2 Å².